The first-order valence-electron chi connectivity index (χ1n) is 43.8. The number of hydrogen-bond donors (Lipinski definition) is 9. The minimum atomic E-state index is -1.84. The molecule has 7 rings (SSSR count). The van der Waals surface area contributed by atoms with E-state index in [1.807, 2.05) is 127 Å². The van der Waals surface area contributed by atoms with Crippen LogP contribution in [0.1, 0.15) is 209 Å². The van der Waals surface area contributed by atoms with Gasteiger partial charge in [0.05, 0.1) is 102 Å². The lowest BCUT2D eigenvalue weighted by Gasteiger charge is -2.49. The number of aliphatic hydroxyl groups is 9. The molecule has 6 aliphatic heterocycles. The monoisotopic (exact) mass is 1730 g/mol. The Labute approximate surface area is 720 Å². The summed E-state index contributed by atoms with van der Waals surface area (Å²) >= 11 is 0. The van der Waals surface area contributed by atoms with E-state index in [4.69, 9.17) is 71.1 Å². The number of methoxy groups -OCH3 is 2. The van der Waals surface area contributed by atoms with Crippen LogP contribution in [0.5, 0.6) is 0 Å². The van der Waals surface area contributed by atoms with Crippen molar-refractivity contribution >= 4 is 23.9 Å². The summed E-state index contributed by atoms with van der Waals surface area (Å²) in [5.41, 5.74) is -8.21. The maximum Gasteiger partial charge on any atom is 0.335 e. The van der Waals surface area contributed by atoms with Crippen molar-refractivity contribution in [2.75, 3.05) is 69.6 Å². The molecule has 0 spiro atoms. The van der Waals surface area contributed by atoms with Crippen molar-refractivity contribution < 1.29 is 136 Å². The number of nitrogens with zero attached hydrogens (tertiary/aromatic N) is 4. The summed E-state index contributed by atoms with van der Waals surface area (Å²) in [6.07, 6.45) is -20.3. The molecule has 0 amide bonds. The summed E-state index contributed by atoms with van der Waals surface area (Å²) < 4.78 is 94.7. The SMILES string of the molecule is CC[C@H]1OC(=O)[C@H](C)[C@@H](O[C@H]2C[C@@](C)(OC)[C@@H](O)[C@H](C)O2)[C@H](C)[C@@H](O[C@@H]2O[C@H](C)C[C@H](N(C)C)[C@H]2OC(=O)[C@@H](C)O)[C@](C)(O)C[C@@H](C)CN(C)[C@H](C)[C@@H](O)[C@]1(C)O.CC[C@H]1OC(=O)[C@H](C)[C@@H](O[C@H]2C[C@@](C)(OC)[C@@H](O)[C@H](C)O2)[C@H](C)[C@@H](O[C@@H]2O[C@H](C)C[C@H](N(C)C)[C@H]2OC(=O)[C@@H](C)OCc2ccccc2)[C@](C)(O)C[C@@H](C)CN(C)[C@H](C)[C@@H](O)[C@]1(C)O. The van der Waals surface area contributed by atoms with Crippen molar-refractivity contribution in [1.29, 1.82) is 0 Å². The molecular formula is C89H158N4O28. The third-order valence-corrected chi connectivity index (χ3v) is 26.9. The van der Waals surface area contributed by atoms with Gasteiger partial charge in [-0.2, -0.15) is 0 Å². The number of rotatable bonds is 21. The van der Waals surface area contributed by atoms with Crippen LogP contribution in [0.3, 0.4) is 0 Å². The zero-order valence-electron chi connectivity index (χ0n) is 78.2. The van der Waals surface area contributed by atoms with Crippen molar-refractivity contribution in [2.45, 2.75) is 403 Å². The lowest BCUT2D eigenvalue weighted by Crippen LogP contribution is -2.61. The first kappa shape index (κ1) is 106. The molecule has 0 unspecified atom stereocenters. The van der Waals surface area contributed by atoms with Gasteiger partial charge in [-0.25, -0.2) is 9.59 Å². The van der Waals surface area contributed by atoms with Crippen LogP contribution in [0.4, 0.5) is 0 Å². The highest BCUT2D eigenvalue weighted by Gasteiger charge is 2.58. The van der Waals surface area contributed by atoms with Crippen LogP contribution in [0.15, 0.2) is 30.3 Å². The van der Waals surface area contributed by atoms with Gasteiger partial charge < -0.3 is 137 Å². The molecule has 121 heavy (non-hydrogen) atoms. The summed E-state index contributed by atoms with van der Waals surface area (Å²) in [6, 6.07) is 7.61. The van der Waals surface area contributed by atoms with Gasteiger partial charge >= 0.3 is 23.9 Å². The van der Waals surface area contributed by atoms with Gasteiger partial charge in [-0.15, -0.1) is 0 Å². The highest BCUT2D eigenvalue weighted by molar-refractivity contribution is 5.75. The Balaban J connectivity index is 0.000000378. The molecule has 702 valence electrons. The fourth-order valence-corrected chi connectivity index (χ4v) is 19.0. The van der Waals surface area contributed by atoms with Gasteiger partial charge in [0, 0.05) is 64.1 Å². The van der Waals surface area contributed by atoms with E-state index in [0.717, 1.165) is 5.56 Å². The van der Waals surface area contributed by atoms with Crippen LogP contribution in [0, 0.1) is 35.5 Å². The molecule has 6 heterocycles. The third-order valence-electron chi connectivity index (χ3n) is 26.9. The summed E-state index contributed by atoms with van der Waals surface area (Å²) in [6.45, 7) is 38.8. The first-order chi connectivity index (χ1) is 56.0. The molecule has 0 bridgehead atoms. The average molecular weight is 1730 g/mol. The van der Waals surface area contributed by atoms with Crippen LogP contribution in [-0.4, -0.2) is 352 Å². The number of carbonyl (C=O) groups is 4. The Kier molecular flexibility index (Phi) is 38.9. The van der Waals surface area contributed by atoms with Gasteiger partial charge in [0.2, 0.25) is 0 Å². The molecule has 0 aromatic heterocycles. The summed E-state index contributed by atoms with van der Waals surface area (Å²) in [7, 11) is 14.1. The molecule has 6 saturated heterocycles. The second kappa shape index (κ2) is 44.4. The largest absolute Gasteiger partial charge is 0.459 e. The van der Waals surface area contributed by atoms with Gasteiger partial charge in [0.1, 0.15) is 53.9 Å². The van der Waals surface area contributed by atoms with Crippen LogP contribution in [-0.2, 0) is 96.8 Å². The van der Waals surface area contributed by atoms with E-state index in [2.05, 4.69) is 0 Å². The van der Waals surface area contributed by atoms with Crippen LogP contribution in [0.25, 0.3) is 0 Å². The highest BCUT2D eigenvalue weighted by atomic mass is 16.7. The molecule has 6 aliphatic rings. The number of carbonyl (C=O) groups excluding carboxylic acids is 4. The smallest absolute Gasteiger partial charge is 0.335 e. The molecule has 0 saturated carbocycles. The zero-order chi connectivity index (χ0) is 91.6. The van der Waals surface area contributed by atoms with Crippen molar-refractivity contribution in [1.82, 2.24) is 19.6 Å². The molecule has 38 atom stereocenters. The van der Waals surface area contributed by atoms with Gasteiger partial charge in [0.15, 0.2) is 43.5 Å². The van der Waals surface area contributed by atoms with E-state index < -0.39 is 216 Å². The number of likely N-dealkylation sites (N-methyl/N-ethyl adjacent to an activating group) is 4. The van der Waals surface area contributed by atoms with Gasteiger partial charge in [-0.05, 0) is 209 Å². The number of cyclic esters (lactones) is 2. The second-order valence-corrected chi connectivity index (χ2v) is 38.3. The van der Waals surface area contributed by atoms with E-state index in [-0.39, 0.29) is 81.3 Å². The van der Waals surface area contributed by atoms with Crippen molar-refractivity contribution in [2.24, 2.45) is 35.5 Å². The molecule has 0 radical (unpaired) electrons. The van der Waals surface area contributed by atoms with Gasteiger partial charge in [0.25, 0.3) is 0 Å². The van der Waals surface area contributed by atoms with Crippen molar-refractivity contribution in [3.05, 3.63) is 35.9 Å². The summed E-state index contributed by atoms with van der Waals surface area (Å²) in [5.74, 6) is -7.15. The Morgan fingerprint density at radius 1 is 0.521 bits per heavy atom. The minimum Gasteiger partial charge on any atom is -0.459 e. The molecule has 1 aromatic rings. The molecule has 0 aliphatic carbocycles. The fraction of sp³-hybridized carbons (Fsp3) is 0.888. The number of ether oxygens (including phenoxy) is 15. The second-order valence-electron chi connectivity index (χ2n) is 38.3. The lowest BCUT2D eigenvalue weighted by atomic mass is 9.77. The number of aliphatic hydroxyl groups excluding tert-OH is 5. The molecule has 9 N–H and O–H groups in total. The maximum absolute atomic E-state index is 14.5. The van der Waals surface area contributed by atoms with Crippen LogP contribution >= 0.6 is 0 Å². The topological polar surface area (TPSA) is 402 Å². The zero-order valence-corrected chi connectivity index (χ0v) is 78.2. The number of esters is 4. The van der Waals surface area contributed by atoms with Crippen LogP contribution < -0.4 is 0 Å². The van der Waals surface area contributed by atoms with E-state index >= 15 is 0 Å². The molecular weight excluding hydrogens is 1570 g/mol. The summed E-state index contributed by atoms with van der Waals surface area (Å²) in [5, 5.41) is 105. The quantitative estimate of drug-likeness (QED) is 0.0511. The van der Waals surface area contributed by atoms with Crippen molar-refractivity contribution in [3.63, 3.8) is 0 Å². The average Bonchev–Trinajstić information content (AvgIpc) is 1.56. The maximum atomic E-state index is 14.5. The summed E-state index contributed by atoms with van der Waals surface area (Å²) in [4.78, 5) is 63.3. The van der Waals surface area contributed by atoms with E-state index in [1.54, 1.807) is 96.9 Å². The van der Waals surface area contributed by atoms with Gasteiger partial charge in [-0.3, -0.25) is 9.59 Å². The molecule has 1 aromatic carbocycles. The Hall–Kier alpha value is -3.86. The van der Waals surface area contributed by atoms with E-state index in [1.165, 1.54) is 35.0 Å². The minimum absolute atomic E-state index is 0.0901. The fourth-order valence-electron chi connectivity index (χ4n) is 19.0. The lowest BCUT2D eigenvalue weighted by molar-refractivity contribution is -0.319. The Morgan fingerprint density at radius 2 is 0.876 bits per heavy atom. The predicted octanol–water partition coefficient (Wildman–Crippen LogP) is 5.89. The molecule has 32 nitrogen and oxygen atoms in total. The van der Waals surface area contributed by atoms with Crippen LogP contribution in [0.2, 0.25) is 0 Å². The van der Waals surface area contributed by atoms with Crippen molar-refractivity contribution in [3.8, 4) is 0 Å². The Morgan fingerprint density at radius 3 is 1.21 bits per heavy atom. The van der Waals surface area contributed by atoms with E-state index in [9.17, 15) is 65.1 Å². The molecule has 6 fully saturated rings. The first-order valence-corrected chi connectivity index (χ1v) is 43.8. The predicted molar refractivity (Wildman–Crippen MR) is 448 cm³/mol. The highest BCUT2D eigenvalue weighted by Crippen LogP contribution is 2.45. The Bertz CT molecular complexity index is 3340. The van der Waals surface area contributed by atoms with E-state index in [0.29, 0.717) is 25.9 Å². The number of benzene rings is 1. The standard InChI is InChI=1S/C48H82N2O14.C41H76N2O14/c1-16-36-48(11,56)40(51)31(6)50(14)25-27(2)23-46(9,55)42(29(4)38(30(5)43(53)61-36)62-37-24-47(10,57-15)41(52)32(7)60-37)64-45-39(35(49(12)13)22-28(3)59-45)63-44(54)33(8)58-26-34-20-18-17-19-21-34;1-16-29-41(11,50)33(45)25(6)43(14)20-21(2)18-39(9,49)35(57-38-32(56-37(48)26(7)44)28(42(12)13)17-22(3)52-38)23(4)31(24(5)36(47)54-29)55-30-19-40(10,51-15)34(46)27(8)53-30/h17-21,27-33,35-42,45,51-52,55-56H,16,22-26H2,1-15H3;21-35,38,44-46,49-50H,16-20H2,1-15H3/t27-,28-,29+,30-,31-,32+,33-,35+,36-,37+,38+,39-,40-,41+,42-,45+,46-,47-,48-;21-,22-,23+,24-,25-,26-,27+,28+,29-,30+,31+,32-,33-,34+,35-,38+,39-,40-,41-/m11/s1. The third kappa shape index (κ3) is 26.5. The number of hydrogen-bond acceptors (Lipinski definition) is 32. The van der Waals surface area contributed by atoms with Gasteiger partial charge in [-0.1, -0.05) is 71.9 Å². The molecule has 32 heteroatoms. The normalized spacial score (nSPS) is 44.7.